The number of hydrogen-bond acceptors (Lipinski definition) is 3. The van der Waals surface area contributed by atoms with E-state index in [2.05, 4.69) is 11.9 Å². The average molecular weight is 320 g/mol. The third-order valence-electron chi connectivity index (χ3n) is 3.93. The van der Waals surface area contributed by atoms with Gasteiger partial charge in [0.25, 0.3) is 17.7 Å². The van der Waals surface area contributed by atoms with Crippen molar-refractivity contribution in [2.75, 3.05) is 11.9 Å². The van der Waals surface area contributed by atoms with Gasteiger partial charge in [-0.3, -0.25) is 19.3 Å². The van der Waals surface area contributed by atoms with Crippen molar-refractivity contribution in [3.63, 3.8) is 0 Å². The Morgan fingerprint density at radius 2 is 1.88 bits per heavy atom. The first-order valence-electron chi connectivity index (χ1n) is 7.59. The molecule has 0 aromatic heterocycles. The first-order valence-corrected chi connectivity index (χ1v) is 7.59. The molecule has 0 saturated carbocycles. The minimum Gasteiger partial charge on any atom is -0.322 e. The summed E-state index contributed by atoms with van der Waals surface area (Å²) in [4.78, 5) is 37.9. The molecular weight excluding hydrogens is 304 g/mol. The fourth-order valence-electron chi connectivity index (χ4n) is 2.67. The van der Waals surface area contributed by atoms with Gasteiger partial charge in [-0.05, 0) is 42.8 Å². The number of anilines is 1. The molecule has 2 aromatic rings. The molecule has 0 fully saturated rings. The standard InChI is InChI=1S/C19H16N2O3/c1-3-12-6-5-7-14(10-12)20-17(22)13-8-9-15-16(11-13)19(24)21(4-2)18(15)23/h3,5-11H,1,4H2,2H3,(H,20,22). The lowest BCUT2D eigenvalue weighted by Crippen LogP contribution is -2.29. The molecule has 2 aromatic carbocycles. The Labute approximate surface area is 139 Å². The summed E-state index contributed by atoms with van der Waals surface area (Å²) in [6.07, 6.45) is 1.69. The van der Waals surface area contributed by atoms with E-state index in [9.17, 15) is 14.4 Å². The summed E-state index contributed by atoms with van der Waals surface area (Å²) in [5, 5.41) is 2.78. The molecule has 3 amide bonds. The quantitative estimate of drug-likeness (QED) is 0.880. The Hall–Kier alpha value is -3.21. The number of carbonyl (C=O) groups excluding carboxylic acids is 3. The second kappa shape index (κ2) is 6.12. The van der Waals surface area contributed by atoms with Crippen molar-refractivity contribution < 1.29 is 14.4 Å². The van der Waals surface area contributed by atoms with Gasteiger partial charge in [0.1, 0.15) is 0 Å². The van der Waals surface area contributed by atoms with Gasteiger partial charge in [0.15, 0.2) is 0 Å². The molecule has 0 atom stereocenters. The number of rotatable bonds is 4. The van der Waals surface area contributed by atoms with E-state index in [1.807, 2.05) is 12.1 Å². The number of benzene rings is 2. The zero-order valence-electron chi connectivity index (χ0n) is 13.2. The zero-order chi connectivity index (χ0) is 17.3. The molecule has 3 rings (SSSR count). The highest BCUT2D eigenvalue weighted by atomic mass is 16.2. The molecule has 0 unspecified atom stereocenters. The lowest BCUT2D eigenvalue weighted by atomic mass is 10.1. The van der Waals surface area contributed by atoms with Crippen molar-refractivity contribution in [2.24, 2.45) is 0 Å². The molecule has 0 bridgehead atoms. The van der Waals surface area contributed by atoms with Crippen LogP contribution in [0.25, 0.3) is 6.08 Å². The molecule has 120 valence electrons. The number of fused-ring (bicyclic) bond motifs is 1. The highest BCUT2D eigenvalue weighted by molar-refractivity contribution is 6.22. The normalized spacial score (nSPS) is 13.0. The van der Waals surface area contributed by atoms with Crippen molar-refractivity contribution in [1.29, 1.82) is 0 Å². The van der Waals surface area contributed by atoms with Crippen LogP contribution in [0.15, 0.2) is 49.0 Å². The Kier molecular flexibility index (Phi) is 4.00. The predicted molar refractivity (Wildman–Crippen MR) is 92.0 cm³/mol. The maximum atomic E-state index is 12.4. The van der Waals surface area contributed by atoms with Gasteiger partial charge in [-0.2, -0.15) is 0 Å². The van der Waals surface area contributed by atoms with E-state index in [-0.39, 0.29) is 23.3 Å². The van der Waals surface area contributed by atoms with Crippen LogP contribution in [0, 0.1) is 0 Å². The molecule has 0 radical (unpaired) electrons. The van der Waals surface area contributed by atoms with E-state index in [4.69, 9.17) is 0 Å². The van der Waals surface area contributed by atoms with Gasteiger partial charge in [-0.15, -0.1) is 0 Å². The highest BCUT2D eigenvalue weighted by Gasteiger charge is 2.34. The summed E-state index contributed by atoms with van der Waals surface area (Å²) >= 11 is 0. The van der Waals surface area contributed by atoms with E-state index in [0.717, 1.165) is 5.56 Å². The summed E-state index contributed by atoms with van der Waals surface area (Å²) in [7, 11) is 0. The minimum absolute atomic E-state index is 0.273. The van der Waals surface area contributed by atoms with Gasteiger partial charge >= 0.3 is 0 Å². The second-order valence-corrected chi connectivity index (χ2v) is 5.40. The zero-order valence-corrected chi connectivity index (χ0v) is 13.2. The Morgan fingerprint density at radius 1 is 1.12 bits per heavy atom. The SMILES string of the molecule is C=Cc1cccc(NC(=O)c2ccc3c(c2)C(=O)N(CC)C3=O)c1. The predicted octanol–water partition coefficient (Wildman–Crippen LogP) is 3.20. The van der Waals surface area contributed by atoms with Crippen LogP contribution >= 0.6 is 0 Å². The molecular formula is C19H16N2O3. The molecule has 1 N–H and O–H groups in total. The van der Waals surface area contributed by atoms with Crippen LogP contribution in [0.4, 0.5) is 5.69 Å². The summed E-state index contributed by atoms with van der Waals surface area (Å²) in [5.41, 5.74) is 2.47. The third kappa shape index (κ3) is 2.60. The maximum Gasteiger partial charge on any atom is 0.261 e. The van der Waals surface area contributed by atoms with Crippen LogP contribution in [-0.4, -0.2) is 29.2 Å². The first kappa shape index (κ1) is 15.7. The van der Waals surface area contributed by atoms with Gasteiger partial charge in [0.05, 0.1) is 11.1 Å². The van der Waals surface area contributed by atoms with E-state index < -0.39 is 0 Å². The number of hydrogen-bond donors (Lipinski definition) is 1. The van der Waals surface area contributed by atoms with Crippen molar-refractivity contribution in [3.8, 4) is 0 Å². The number of imide groups is 1. The Balaban J connectivity index is 1.87. The summed E-state index contributed by atoms with van der Waals surface area (Å²) in [6, 6.07) is 11.8. The van der Waals surface area contributed by atoms with Gasteiger partial charge in [-0.1, -0.05) is 24.8 Å². The van der Waals surface area contributed by atoms with Crippen LogP contribution < -0.4 is 5.32 Å². The molecule has 24 heavy (non-hydrogen) atoms. The van der Waals surface area contributed by atoms with E-state index in [1.165, 1.54) is 17.0 Å². The van der Waals surface area contributed by atoms with Crippen LogP contribution in [0.5, 0.6) is 0 Å². The lowest BCUT2D eigenvalue weighted by molar-refractivity contribution is 0.0662. The fourth-order valence-corrected chi connectivity index (χ4v) is 2.67. The topological polar surface area (TPSA) is 66.5 Å². The molecule has 0 spiro atoms. The van der Waals surface area contributed by atoms with Crippen molar-refractivity contribution >= 4 is 29.5 Å². The average Bonchev–Trinajstić information content (AvgIpc) is 2.85. The molecule has 0 saturated heterocycles. The molecule has 1 heterocycles. The van der Waals surface area contributed by atoms with Crippen molar-refractivity contribution in [2.45, 2.75) is 6.92 Å². The minimum atomic E-state index is -0.360. The molecule has 5 heteroatoms. The summed E-state index contributed by atoms with van der Waals surface area (Å²) < 4.78 is 0. The van der Waals surface area contributed by atoms with Gasteiger partial charge in [0.2, 0.25) is 0 Å². The largest absolute Gasteiger partial charge is 0.322 e. The van der Waals surface area contributed by atoms with Crippen LogP contribution in [0.3, 0.4) is 0 Å². The van der Waals surface area contributed by atoms with Crippen LogP contribution in [0.2, 0.25) is 0 Å². The third-order valence-corrected chi connectivity index (χ3v) is 3.93. The maximum absolute atomic E-state index is 12.4. The van der Waals surface area contributed by atoms with Crippen molar-refractivity contribution in [3.05, 3.63) is 71.3 Å². The van der Waals surface area contributed by atoms with Gasteiger partial charge in [0, 0.05) is 17.8 Å². The monoisotopic (exact) mass is 320 g/mol. The summed E-state index contributed by atoms with van der Waals surface area (Å²) in [6.45, 7) is 5.74. The van der Waals surface area contributed by atoms with Gasteiger partial charge < -0.3 is 5.32 Å². The van der Waals surface area contributed by atoms with E-state index >= 15 is 0 Å². The lowest BCUT2D eigenvalue weighted by Gasteiger charge is -2.08. The number of amides is 3. The Bertz CT molecular complexity index is 871. The van der Waals surface area contributed by atoms with Crippen molar-refractivity contribution in [1.82, 2.24) is 4.90 Å². The Morgan fingerprint density at radius 3 is 2.58 bits per heavy atom. The first-order chi connectivity index (χ1) is 11.5. The van der Waals surface area contributed by atoms with Gasteiger partial charge in [-0.25, -0.2) is 0 Å². The number of nitrogens with one attached hydrogen (secondary N) is 1. The van der Waals surface area contributed by atoms with E-state index in [1.54, 1.807) is 31.2 Å². The second-order valence-electron chi connectivity index (χ2n) is 5.40. The highest BCUT2D eigenvalue weighted by Crippen LogP contribution is 2.24. The van der Waals surface area contributed by atoms with Crippen LogP contribution in [0.1, 0.15) is 43.6 Å². The smallest absolute Gasteiger partial charge is 0.261 e. The molecule has 0 aliphatic carbocycles. The number of carbonyl (C=O) groups is 3. The number of nitrogens with zero attached hydrogens (tertiary/aromatic N) is 1. The molecule has 1 aliphatic heterocycles. The molecule has 1 aliphatic rings. The molecule has 5 nitrogen and oxygen atoms in total. The summed E-state index contributed by atoms with van der Waals surface area (Å²) in [5.74, 6) is -1.02. The van der Waals surface area contributed by atoms with Crippen LogP contribution in [-0.2, 0) is 0 Å². The fraction of sp³-hybridized carbons (Fsp3) is 0.105. The van der Waals surface area contributed by atoms with E-state index in [0.29, 0.717) is 23.4 Å².